The summed E-state index contributed by atoms with van der Waals surface area (Å²) in [6.45, 7) is 1.17. The monoisotopic (exact) mass is 259 g/mol. The van der Waals surface area contributed by atoms with Gasteiger partial charge in [-0.2, -0.15) is 26.3 Å². The maximum Gasteiger partial charge on any atom is 0.437 e. The van der Waals surface area contributed by atoms with Crippen molar-refractivity contribution in [2.24, 2.45) is 0 Å². The summed E-state index contributed by atoms with van der Waals surface area (Å²) >= 11 is 0. The third kappa shape index (κ3) is 3.24. The molecule has 96 valence electrons. The van der Waals surface area contributed by atoms with E-state index in [1.807, 2.05) is 0 Å². The lowest BCUT2D eigenvalue weighted by molar-refractivity contribution is -0.145. The molecule has 8 heteroatoms. The molecule has 0 bridgehead atoms. The van der Waals surface area contributed by atoms with Crippen LogP contribution in [0.5, 0.6) is 5.75 Å². The van der Waals surface area contributed by atoms with Crippen molar-refractivity contribution in [2.45, 2.75) is 19.3 Å². The van der Waals surface area contributed by atoms with Crippen molar-refractivity contribution in [3.63, 3.8) is 0 Å². The third-order valence-corrected chi connectivity index (χ3v) is 1.75. The molecule has 0 amide bonds. The first-order valence-electron chi connectivity index (χ1n) is 4.43. The van der Waals surface area contributed by atoms with E-state index in [0.717, 1.165) is 0 Å². The molecule has 0 unspecified atom stereocenters. The Hall–Kier alpha value is -1.47. The van der Waals surface area contributed by atoms with Crippen LogP contribution in [0.25, 0.3) is 0 Å². The lowest BCUT2D eigenvalue weighted by Gasteiger charge is -2.14. The van der Waals surface area contributed by atoms with Gasteiger partial charge in [-0.25, -0.2) is 4.98 Å². The first-order chi connectivity index (χ1) is 7.66. The summed E-state index contributed by atoms with van der Waals surface area (Å²) < 4.78 is 78.4. The molecule has 0 aliphatic carbocycles. The fourth-order valence-corrected chi connectivity index (χ4v) is 1.08. The number of rotatable bonds is 2. The van der Waals surface area contributed by atoms with Gasteiger partial charge in [0, 0.05) is 6.20 Å². The van der Waals surface area contributed by atoms with Crippen molar-refractivity contribution in [1.29, 1.82) is 0 Å². The minimum atomic E-state index is -4.85. The van der Waals surface area contributed by atoms with Crippen LogP contribution < -0.4 is 4.74 Å². The summed E-state index contributed by atoms with van der Waals surface area (Å²) in [5.41, 5.74) is -2.75. The van der Waals surface area contributed by atoms with Crippen LogP contribution in [0, 0.1) is 0 Å². The van der Waals surface area contributed by atoms with E-state index >= 15 is 0 Å². The molecule has 0 aromatic carbocycles. The molecule has 0 spiro atoms. The average molecular weight is 259 g/mol. The fraction of sp³-hybridized carbons (Fsp3) is 0.444. The minimum absolute atomic E-state index is 0.130. The summed E-state index contributed by atoms with van der Waals surface area (Å²) in [7, 11) is 0. The highest BCUT2D eigenvalue weighted by Crippen LogP contribution is 2.38. The van der Waals surface area contributed by atoms with Crippen molar-refractivity contribution in [2.75, 3.05) is 6.61 Å². The predicted octanol–water partition coefficient (Wildman–Crippen LogP) is 3.52. The lowest BCUT2D eigenvalue weighted by Crippen LogP contribution is -2.14. The van der Waals surface area contributed by atoms with Crippen molar-refractivity contribution in [1.82, 2.24) is 4.98 Å². The number of hydrogen-bond acceptors (Lipinski definition) is 2. The van der Waals surface area contributed by atoms with Gasteiger partial charge < -0.3 is 4.74 Å². The topological polar surface area (TPSA) is 22.1 Å². The van der Waals surface area contributed by atoms with E-state index in [4.69, 9.17) is 0 Å². The zero-order valence-electron chi connectivity index (χ0n) is 8.49. The second-order valence-corrected chi connectivity index (χ2v) is 3.00. The van der Waals surface area contributed by atoms with Crippen LogP contribution in [0.2, 0.25) is 0 Å². The van der Waals surface area contributed by atoms with E-state index in [-0.39, 0.29) is 12.8 Å². The maximum absolute atomic E-state index is 12.4. The smallest absolute Gasteiger partial charge is 0.437 e. The van der Waals surface area contributed by atoms with Gasteiger partial charge in [-0.1, -0.05) is 0 Å². The van der Waals surface area contributed by atoms with Crippen molar-refractivity contribution in [3.05, 3.63) is 23.5 Å². The van der Waals surface area contributed by atoms with Gasteiger partial charge >= 0.3 is 12.4 Å². The van der Waals surface area contributed by atoms with Gasteiger partial charge in [0.2, 0.25) is 0 Å². The van der Waals surface area contributed by atoms with Gasteiger partial charge in [0.25, 0.3) is 0 Å². The standard InChI is InChI=1S/C9H7F6NO/c1-2-17-6-3-5(8(10,11)12)4-16-7(6)9(13,14)15/h3-4H,2H2,1H3. The zero-order valence-corrected chi connectivity index (χ0v) is 8.49. The SMILES string of the molecule is CCOc1cc(C(F)(F)F)cnc1C(F)(F)F. The van der Waals surface area contributed by atoms with Crippen LogP contribution in [0.15, 0.2) is 12.3 Å². The third-order valence-electron chi connectivity index (χ3n) is 1.75. The van der Waals surface area contributed by atoms with E-state index in [1.165, 1.54) is 6.92 Å². The molecule has 17 heavy (non-hydrogen) atoms. The number of ether oxygens (including phenoxy) is 1. The number of aromatic nitrogens is 1. The van der Waals surface area contributed by atoms with Gasteiger partial charge in [0.1, 0.15) is 0 Å². The molecule has 2 nitrogen and oxygen atoms in total. The highest BCUT2D eigenvalue weighted by atomic mass is 19.4. The Morgan fingerprint density at radius 3 is 2.12 bits per heavy atom. The Kier molecular flexibility index (Phi) is 3.53. The van der Waals surface area contributed by atoms with E-state index in [0.29, 0.717) is 6.07 Å². The Balaban J connectivity index is 3.27. The lowest BCUT2D eigenvalue weighted by atomic mass is 10.2. The van der Waals surface area contributed by atoms with Crippen LogP contribution in [0.1, 0.15) is 18.2 Å². The largest absolute Gasteiger partial charge is 0.492 e. The van der Waals surface area contributed by atoms with Crippen molar-refractivity contribution in [3.8, 4) is 5.75 Å². The Morgan fingerprint density at radius 1 is 1.12 bits per heavy atom. The zero-order chi connectivity index (χ0) is 13.3. The van der Waals surface area contributed by atoms with Crippen LogP contribution in [-0.4, -0.2) is 11.6 Å². The summed E-state index contributed by atoms with van der Waals surface area (Å²) in [6, 6.07) is 0.291. The number of hydrogen-bond donors (Lipinski definition) is 0. The minimum Gasteiger partial charge on any atom is -0.492 e. The molecule has 0 aliphatic heterocycles. The van der Waals surface area contributed by atoms with Gasteiger partial charge in [-0.05, 0) is 13.0 Å². The molecule has 0 radical (unpaired) electrons. The first kappa shape index (κ1) is 13.6. The summed E-state index contributed by atoms with van der Waals surface area (Å²) in [6.07, 6.45) is -9.48. The first-order valence-corrected chi connectivity index (χ1v) is 4.43. The molecule has 0 fully saturated rings. The van der Waals surface area contributed by atoms with Gasteiger partial charge in [-0.3, -0.25) is 0 Å². The predicted molar refractivity (Wildman–Crippen MR) is 45.4 cm³/mol. The Bertz CT molecular complexity index is 397. The molecule has 1 rings (SSSR count). The normalized spacial score (nSPS) is 12.6. The highest BCUT2D eigenvalue weighted by molar-refractivity contribution is 5.34. The van der Waals surface area contributed by atoms with Crippen LogP contribution in [-0.2, 0) is 12.4 Å². The second kappa shape index (κ2) is 4.42. The second-order valence-electron chi connectivity index (χ2n) is 3.00. The summed E-state index contributed by atoms with van der Waals surface area (Å²) in [4.78, 5) is 2.76. The van der Waals surface area contributed by atoms with Gasteiger partial charge in [-0.15, -0.1) is 0 Å². The van der Waals surface area contributed by atoms with Crippen molar-refractivity contribution < 1.29 is 31.1 Å². The van der Waals surface area contributed by atoms with Crippen LogP contribution in [0.4, 0.5) is 26.3 Å². The number of alkyl halides is 6. The van der Waals surface area contributed by atoms with E-state index in [9.17, 15) is 26.3 Å². The molecule has 1 aromatic rings. The molecule has 0 aliphatic rings. The molecular weight excluding hydrogens is 252 g/mol. The molecule has 1 aromatic heterocycles. The molecule has 0 atom stereocenters. The number of pyridine rings is 1. The number of halogens is 6. The van der Waals surface area contributed by atoms with Gasteiger partial charge in [0.15, 0.2) is 11.4 Å². The Labute approximate surface area is 92.2 Å². The van der Waals surface area contributed by atoms with Gasteiger partial charge in [0.05, 0.1) is 12.2 Å². The van der Waals surface area contributed by atoms with Crippen molar-refractivity contribution >= 4 is 0 Å². The quantitative estimate of drug-likeness (QED) is 0.758. The average Bonchev–Trinajstić information content (AvgIpc) is 2.15. The summed E-state index contributed by atoms with van der Waals surface area (Å²) in [5, 5.41) is 0. The molecule has 0 N–H and O–H groups in total. The fourth-order valence-electron chi connectivity index (χ4n) is 1.08. The maximum atomic E-state index is 12.4. The van der Waals surface area contributed by atoms with E-state index in [2.05, 4.69) is 9.72 Å². The van der Waals surface area contributed by atoms with Crippen LogP contribution >= 0.6 is 0 Å². The molecular formula is C9H7F6NO. The Morgan fingerprint density at radius 2 is 1.71 bits per heavy atom. The van der Waals surface area contributed by atoms with E-state index in [1.54, 1.807) is 0 Å². The molecule has 0 saturated carbocycles. The van der Waals surface area contributed by atoms with Crippen LogP contribution in [0.3, 0.4) is 0 Å². The summed E-state index contributed by atoms with van der Waals surface area (Å²) in [5.74, 6) is -0.921. The molecule has 0 saturated heterocycles. The highest BCUT2D eigenvalue weighted by Gasteiger charge is 2.39. The van der Waals surface area contributed by atoms with E-state index < -0.39 is 29.4 Å². The molecule has 1 heterocycles. The number of nitrogens with zero attached hydrogens (tertiary/aromatic N) is 1.